The summed E-state index contributed by atoms with van der Waals surface area (Å²) in [6, 6.07) is 17.7. The van der Waals surface area contributed by atoms with Gasteiger partial charge in [-0.3, -0.25) is 0 Å². The number of pyridine rings is 1. The fraction of sp³-hybridized carbons (Fsp3) is 0.241. The van der Waals surface area contributed by atoms with Gasteiger partial charge in [-0.1, -0.05) is 61.3 Å². The molecule has 0 amide bonds. The molecule has 0 bridgehead atoms. The second-order valence-corrected chi connectivity index (χ2v) is 9.47. The number of nitrogens with zero attached hydrogens (tertiary/aromatic N) is 1. The number of hydrogen-bond donors (Lipinski definition) is 0. The Labute approximate surface area is 200 Å². The molecule has 168 valence electrons. The zero-order chi connectivity index (χ0) is 23.9. The summed E-state index contributed by atoms with van der Waals surface area (Å²) in [5.41, 5.74) is 7.85. The number of halogens is 1. The van der Waals surface area contributed by atoms with Gasteiger partial charge in [-0.25, -0.2) is 9.78 Å². The maximum Gasteiger partial charge on any atom is 0.344 e. The van der Waals surface area contributed by atoms with Crippen molar-refractivity contribution in [2.45, 2.75) is 47.5 Å². The Bertz CT molecular complexity index is 1390. The van der Waals surface area contributed by atoms with E-state index in [0.717, 1.165) is 50.0 Å². The van der Waals surface area contributed by atoms with Gasteiger partial charge in [0.05, 0.1) is 16.8 Å². The third-order valence-electron chi connectivity index (χ3n) is 5.96. The molecule has 33 heavy (non-hydrogen) atoms. The van der Waals surface area contributed by atoms with Crippen LogP contribution in [0.1, 0.15) is 57.9 Å². The molecule has 0 fully saturated rings. The van der Waals surface area contributed by atoms with Gasteiger partial charge < -0.3 is 4.74 Å². The first-order chi connectivity index (χ1) is 15.7. The summed E-state index contributed by atoms with van der Waals surface area (Å²) < 4.78 is 6.06. The summed E-state index contributed by atoms with van der Waals surface area (Å²) in [6.45, 7) is 12.2. The predicted octanol–water partition coefficient (Wildman–Crippen LogP) is 8.13. The average Bonchev–Trinajstić information content (AvgIpc) is 2.73. The van der Waals surface area contributed by atoms with E-state index in [2.05, 4.69) is 19.9 Å². The average molecular weight is 458 g/mol. The van der Waals surface area contributed by atoms with Gasteiger partial charge in [0.15, 0.2) is 0 Å². The molecule has 0 radical (unpaired) electrons. The molecule has 0 spiro atoms. The third kappa shape index (κ3) is 4.51. The lowest BCUT2D eigenvalue weighted by Crippen LogP contribution is -2.14. The lowest BCUT2D eigenvalue weighted by atomic mass is 9.95. The first kappa shape index (κ1) is 23.0. The summed E-state index contributed by atoms with van der Waals surface area (Å²) >= 11 is 6.27. The van der Waals surface area contributed by atoms with Gasteiger partial charge in [0.1, 0.15) is 5.75 Å². The molecule has 3 nitrogen and oxygen atoms in total. The van der Waals surface area contributed by atoms with Crippen LogP contribution < -0.4 is 4.74 Å². The number of aromatic nitrogens is 1. The fourth-order valence-electron chi connectivity index (χ4n) is 4.35. The topological polar surface area (TPSA) is 39.2 Å². The van der Waals surface area contributed by atoms with Crippen LogP contribution in [0.15, 0.2) is 54.6 Å². The zero-order valence-electron chi connectivity index (χ0n) is 19.9. The van der Waals surface area contributed by atoms with Crippen molar-refractivity contribution in [3.63, 3.8) is 0 Å². The summed E-state index contributed by atoms with van der Waals surface area (Å²) in [7, 11) is 0. The van der Waals surface area contributed by atoms with Gasteiger partial charge in [0.2, 0.25) is 0 Å². The maximum atomic E-state index is 13.7. The summed E-state index contributed by atoms with van der Waals surface area (Å²) in [4.78, 5) is 18.7. The number of rotatable bonds is 4. The molecule has 4 aromatic rings. The van der Waals surface area contributed by atoms with Crippen molar-refractivity contribution in [3.8, 4) is 17.0 Å². The van der Waals surface area contributed by atoms with Gasteiger partial charge in [-0.15, -0.1) is 0 Å². The zero-order valence-corrected chi connectivity index (χ0v) is 20.7. The smallest absolute Gasteiger partial charge is 0.344 e. The summed E-state index contributed by atoms with van der Waals surface area (Å²) in [6.07, 6.45) is 0. The van der Waals surface area contributed by atoms with E-state index in [-0.39, 0.29) is 11.9 Å². The molecule has 0 saturated carbocycles. The highest BCUT2D eigenvalue weighted by molar-refractivity contribution is 6.30. The van der Waals surface area contributed by atoms with Crippen molar-refractivity contribution in [2.75, 3.05) is 0 Å². The number of fused-ring (bicyclic) bond motifs is 1. The Balaban J connectivity index is 1.95. The van der Waals surface area contributed by atoms with E-state index in [9.17, 15) is 4.79 Å². The molecule has 0 atom stereocenters. The van der Waals surface area contributed by atoms with E-state index in [1.165, 1.54) is 0 Å². The van der Waals surface area contributed by atoms with E-state index in [1.807, 2.05) is 76.2 Å². The number of benzene rings is 3. The van der Waals surface area contributed by atoms with E-state index >= 15 is 0 Å². The first-order valence-corrected chi connectivity index (χ1v) is 11.5. The van der Waals surface area contributed by atoms with Crippen LogP contribution in [0.5, 0.6) is 5.75 Å². The van der Waals surface area contributed by atoms with Crippen molar-refractivity contribution >= 4 is 28.5 Å². The monoisotopic (exact) mass is 457 g/mol. The third-order valence-corrected chi connectivity index (χ3v) is 6.20. The van der Waals surface area contributed by atoms with Crippen LogP contribution in [0, 0.1) is 27.7 Å². The van der Waals surface area contributed by atoms with Crippen LogP contribution >= 0.6 is 11.6 Å². The number of carbonyl (C=O) groups is 1. The molecule has 0 unspecified atom stereocenters. The first-order valence-electron chi connectivity index (χ1n) is 11.2. The molecule has 1 heterocycles. The number of aryl methyl sites for hydroxylation is 3. The molecule has 0 aliphatic heterocycles. The van der Waals surface area contributed by atoms with Crippen molar-refractivity contribution < 1.29 is 9.53 Å². The van der Waals surface area contributed by atoms with Crippen LogP contribution in [-0.2, 0) is 0 Å². The summed E-state index contributed by atoms with van der Waals surface area (Å²) in [5, 5.41) is 1.43. The van der Waals surface area contributed by atoms with Gasteiger partial charge in [-0.2, -0.15) is 0 Å². The van der Waals surface area contributed by atoms with E-state index < -0.39 is 0 Å². The number of hydrogen-bond acceptors (Lipinski definition) is 3. The largest absolute Gasteiger partial charge is 0.423 e. The van der Waals surface area contributed by atoms with E-state index in [1.54, 1.807) is 0 Å². The van der Waals surface area contributed by atoms with Gasteiger partial charge in [0, 0.05) is 16.0 Å². The molecule has 0 N–H and O–H groups in total. The second kappa shape index (κ2) is 8.99. The van der Waals surface area contributed by atoms with Gasteiger partial charge in [-0.05, 0) is 80.1 Å². The number of ether oxygens (including phenoxy) is 1. The quantitative estimate of drug-likeness (QED) is 0.229. The number of carbonyl (C=O) groups excluding carboxylic acids is 1. The van der Waals surface area contributed by atoms with E-state index in [0.29, 0.717) is 16.3 Å². The highest BCUT2D eigenvalue weighted by Gasteiger charge is 2.23. The van der Waals surface area contributed by atoms with Crippen LogP contribution in [-0.4, -0.2) is 11.0 Å². The van der Waals surface area contributed by atoms with Crippen LogP contribution in [0.25, 0.3) is 22.2 Å². The molecule has 0 aliphatic carbocycles. The minimum absolute atomic E-state index is 0.232. The number of esters is 1. The minimum Gasteiger partial charge on any atom is -0.423 e. The van der Waals surface area contributed by atoms with Gasteiger partial charge in [0.25, 0.3) is 0 Å². The lowest BCUT2D eigenvalue weighted by molar-refractivity contribution is 0.0734. The molecule has 0 aliphatic rings. The second-order valence-electron chi connectivity index (χ2n) is 9.03. The molecule has 3 aromatic carbocycles. The maximum absolute atomic E-state index is 13.7. The highest BCUT2D eigenvalue weighted by atomic mass is 35.5. The molecule has 0 saturated heterocycles. The Morgan fingerprint density at radius 1 is 0.939 bits per heavy atom. The lowest BCUT2D eigenvalue weighted by Gasteiger charge is -2.18. The minimum atomic E-state index is -0.374. The Morgan fingerprint density at radius 3 is 2.39 bits per heavy atom. The van der Waals surface area contributed by atoms with Crippen molar-refractivity contribution in [1.29, 1.82) is 0 Å². The Hall–Kier alpha value is -3.17. The van der Waals surface area contributed by atoms with Crippen LogP contribution in [0.3, 0.4) is 0 Å². The van der Waals surface area contributed by atoms with E-state index in [4.69, 9.17) is 21.3 Å². The van der Waals surface area contributed by atoms with Crippen molar-refractivity contribution in [3.05, 3.63) is 93.0 Å². The Morgan fingerprint density at radius 2 is 1.70 bits per heavy atom. The molecular weight excluding hydrogens is 430 g/mol. The van der Waals surface area contributed by atoms with Crippen LogP contribution in [0.4, 0.5) is 0 Å². The predicted molar refractivity (Wildman–Crippen MR) is 137 cm³/mol. The molecule has 4 rings (SSSR count). The van der Waals surface area contributed by atoms with Crippen molar-refractivity contribution in [2.24, 2.45) is 0 Å². The Kier molecular flexibility index (Phi) is 6.27. The molecule has 1 aromatic heterocycles. The SMILES string of the molecule is Cc1ccc(C(C)C)c(OC(=O)c2c(C)c(-c3cccc(Cl)c3)nc3c(C)cc(C)cc23)c1. The standard InChI is InChI=1S/C29H28ClNO2/c1-16(2)23-11-10-17(3)14-25(23)33-29(32)26-20(6)28(21-8-7-9-22(30)15-21)31-27-19(5)12-18(4)13-24(26)27/h7-16H,1-6H3. The summed E-state index contributed by atoms with van der Waals surface area (Å²) in [5.74, 6) is 0.462. The highest BCUT2D eigenvalue weighted by Crippen LogP contribution is 2.35. The normalized spacial score (nSPS) is 11.3. The van der Waals surface area contributed by atoms with Crippen molar-refractivity contribution in [1.82, 2.24) is 4.98 Å². The van der Waals surface area contributed by atoms with Crippen LogP contribution in [0.2, 0.25) is 5.02 Å². The molecular formula is C29H28ClNO2. The van der Waals surface area contributed by atoms with Gasteiger partial charge >= 0.3 is 5.97 Å². The molecule has 4 heteroatoms. The fourth-order valence-corrected chi connectivity index (χ4v) is 4.54.